The summed E-state index contributed by atoms with van der Waals surface area (Å²) >= 11 is 6.56. The van der Waals surface area contributed by atoms with E-state index in [0.29, 0.717) is 36.0 Å². The van der Waals surface area contributed by atoms with Gasteiger partial charge in [0.25, 0.3) is 0 Å². The number of esters is 1. The number of amides is 2. The maximum Gasteiger partial charge on any atom is 0.338 e. The maximum atomic E-state index is 14.0. The van der Waals surface area contributed by atoms with Crippen LogP contribution in [0, 0.1) is 0 Å². The number of hydrogen-bond acceptors (Lipinski definition) is 6. The number of methoxy groups -OCH3 is 1. The number of benzene rings is 3. The molecule has 2 amide bonds. The van der Waals surface area contributed by atoms with Gasteiger partial charge in [-0.25, -0.2) is 4.79 Å². The lowest BCUT2D eigenvalue weighted by Gasteiger charge is -2.38. The molecule has 0 bridgehead atoms. The van der Waals surface area contributed by atoms with E-state index >= 15 is 0 Å². The van der Waals surface area contributed by atoms with Crippen LogP contribution in [0.1, 0.15) is 39.9 Å². The summed E-state index contributed by atoms with van der Waals surface area (Å²) in [5, 5.41) is 3.72. The van der Waals surface area contributed by atoms with E-state index < -0.39 is 12.0 Å². The Morgan fingerprint density at radius 2 is 1.76 bits per heavy atom. The monoisotopic (exact) mass is 575 g/mol. The van der Waals surface area contributed by atoms with Crippen LogP contribution in [0.5, 0.6) is 0 Å². The minimum atomic E-state index is -0.686. The Kier molecular flexibility index (Phi) is 9.34. The van der Waals surface area contributed by atoms with Gasteiger partial charge in [0.15, 0.2) is 0 Å². The average molecular weight is 576 g/mol. The molecule has 0 radical (unpaired) electrons. The molecular formula is C32H34ClN3O5. The van der Waals surface area contributed by atoms with E-state index in [1.54, 1.807) is 48.4 Å². The van der Waals surface area contributed by atoms with E-state index in [2.05, 4.69) is 5.32 Å². The summed E-state index contributed by atoms with van der Waals surface area (Å²) in [4.78, 5) is 42.9. The number of nitrogens with zero attached hydrogens (tertiary/aromatic N) is 2. The number of carbonyl (C=O) groups excluding carboxylic acids is 3. The van der Waals surface area contributed by atoms with Gasteiger partial charge in [-0.3, -0.25) is 14.5 Å². The van der Waals surface area contributed by atoms with Crippen molar-refractivity contribution in [1.82, 2.24) is 10.2 Å². The summed E-state index contributed by atoms with van der Waals surface area (Å²) < 4.78 is 10.6. The first-order valence-electron chi connectivity index (χ1n) is 13.8. The number of hydrogen-bond donors (Lipinski definition) is 1. The molecule has 0 unspecified atom stereocenters. The van der Waals surface area contributed by atoms with Crippen molar-refractivity contribution < 1.29 is 23.9 Å². The van der Waals surface area contributed by atoms with Crippen molar-refractivity contribution in [2.24, 2.45) is 0 Å². The third-order valence-electron chi connectivity index (χ3n) is 7.39. The third kappa shape index (κ3) is 7.14. The molecule has 2 fully saturated rings. The molecule has 0 aromatic heterocycles. The van der Waals surface area contributed by atoms with Gasteiger partial charge in [0.2, 0.25) is 11.8 Å². The van der Waals surface area contributed by atoms with E-state index in [9.17, 15) is 14.4 Å². The summed E-state index contributed by atoms with van der Waals surface area (Å²) in [5.41, 5.74) is 3.88. The van der Waals surface area contributed by atoms with Crippen molar-refractivity contribution in [2.45, 2.75) is 44.5 Å². The Morgan fingerprint density at radius 3 is 2.46 bits per heavy atom. The second-order valence-electron chi connectivity index (χ2n) is 10.4. The van der Waals surface area contributed by atoms with Gasteiger partial charge in [-0.1, -0.05) is 54.1 Å². The van der Waals surface area contributed by atoms with Gasteiger partial charge in [-0.2, -0.15) is 0 Å². The zero-order valence-electron chi connectivity index (χ0n) is 23.1. The molecule has 1 heterocycles. The third-order valence-corrected chi connectivity index (χ3v) is 7.76. The predicted molar refractivity (Wildman–Crippen MR) is 157 cm³/mol. The molecule has 1 N–H and O–H groups in total. The van der Waals surface area contributed by atoms with Crippen molar-refractivity contribution in [3.8, 4) is 0 Å². The van der Waals surface area contributed by atoms with Gasteiger partial charge >= 0.3 is 5.97 Å². The molecule has 1 atom stereocenters. The van der Waals surface area contributed by atoms with E-state index in [4.69, 9.17) is 21.1 Å². The summed E-state index contributed by atoms with van der Waals surface area (Å²) in [7, 11) is 1.67. The van der Waals surface area contributed by atoms with Crippen LogP contribution in [0.15, 0.2) is 72.8 Å². The SMILES string of the molecule is COCCc1ccc(Cl)c(CN(C(=O)[C@H]2CNCC(=O)N2c2ccc(COC(=O)c3ccccc3)cc2)C2CC2)c1. The first-order chi connectivity index (χ1) is 19.9. The Balaban J connectivity index is 1.30. The molecule has 1 aliphatic heterocycles. The van der Waals surface area contributed by atoms with Crippen LogP contribution in [-0.4, -0.2) is 61.6 Å². The molecule has 0 spiro atoms. The number of nitrogens with one attached hydrogen (secondary N) is 1. The summed E-state index contributed by atoms with van der Waals surface area (Å²) in [6.45, 7) is 1.59. The van der Waals surface area contributed by atoms with Crippen LogP contribution in [0.25, 0.3) is 0 Å². The number of rotatable bonds is 11. The lowest BCUT2D eigenvalue weighted by Crippen LogP contribution is -2.61. The summed E-state index contributed by atoms with van der Waals surface area (Å²) in [6.07, 6.45) is 2.61. The molecule has 3 aromatic rings. The second-order valence-corrected chi connectivity index (χ2v) is 10.8. The first-order valence-corrected chi connectivity index (χ1v) is 14.2. The smallest absolute Gasteiger partial charge is 0.338 e. The van der Waals surface area contributed by atoms with Gasteiger partial charge in [0.1, 0.15) is 12.6 Å². The highest BCUT2D eigenvalue weighted by Gasteiger charge is 2.41. The van der Waals surface area contributed by atoms with Crippen molar-refractivity contribution in [1.29, 1.82) is 0 Å². The normalized spacial score (nSPS) is 16.9. The number of ether oxygens (including phenoxy) is 2. The van der Waals surface area contributed by atoms with E-state index in [1.807, 2.05) is 41.3 Å². The molecule has 1 saturated carbocycles. The number of anilines is 1. The standard InChI is InChI=1S/C32H34ClN3O5/c1-40-16-15-22-9-14-28(33)25(17-22)20-35(26-12-13-26)31(38)29-18-34-19-30(37)36(29)27-10-7-23(8-11-27)21-41-32(39)24-5-3-2-4-6-24/h2-11,14,17,26,29,34H,12-13,15-16,18-21H2,1H3/t29-/m1/s1. The number of halogens is 1. The second kappa shape index (κ2) is 13.3. The molecule has 214 valence electrons. The van der Waals surface area contributed by atoms with Gasteiger partial charge < -0.3 is 19.7 Å². The lowest BCUT2D eigenvalue weighted by atomic mass is 10.1. The van der Waals surface area contributed by atoms with Crippen LogP contribution in [-0.2, 0) is 38.6 Å². The Bertz CT molecular complexity index is 1380. The molecule has 41 heavy (non-hydrogen) atoms. The molecule has 1 aliphatic carbocycles. The molecule has 3 aromatic carbocycles. The van der Waals surface area contributed by atoms with Gasteiger partial charge in [-0.05, 0) is 66.3 Å². The highest BCUT2D eigenvalue weighted by Crippen LogP contribution is 2.32. The topological polar surface area (TPSA) is 88.2 Å². The molecule has 1 saturated heterocycles. The minimum Gasteiger partial charge on any atom is -0.457 e. The van der Waals surface area contributed by atoms with Crippen molar-refractivity contribution in [2.75, 3.05) is 31.7 Å². The van der Waals surface area contributed by atoms with Crippen LogP contribution in [0.2, 0.25) is 5.02 Å². The molecule has 9 heteroatoms. The quantitative estimate of drug-likeness (QED) is 0.341. The Hall–Kier alpha value is -3.72. The van der Waals surface area contributed by atoms with Gasteiger partial charge in [0.05, 0.1) is 18.7 Å². The highest BCUT2D eigenvalue weighted by atomic mass is 35.5. The van der Waals surface area contributed by atoms with Crippen molar-refractivity contribution in [3.05, 3.63) is 100 Å². The van der Waals surface area contributed by atoms with Crippen LogP contribution < -0.4 is 10.2 Å². The minimum absolute atomic E-state index is 0.103. The highest BCUT2D eigenvalue weighted by molar-refractivity contribution is 6.31. The van der Waals surface area contributed by atoms with Crippen LogP contribution >= 0.6 is 11.6 Å². The lowest BCUT2D eigenvalue weighted by molar-refractivity contribution is -0.136. The fourth-order valence-electron chi connectivity index (χ4n) is 5.02. The van der Waals surface area contributed by atoms with Gasteiger partial charge in [-0.15, -0.1) is 0 Å². The van der Waals surface area contributed by atoms with Crippen molar-refractivity contribution >= 4 is 35.1 Å². The predicted octanol–water partition coefficient (Wildman–Crippen LogP) is 4.38. The summed E-state index contributed by atoms with van der Waals surface area (Å²) in [6, 6.07) is 21.4. The van der Waals surface area contributed by atoms with E-state index in [-0.39, 0.29) is 31.0 Å². The van der Waals surface area contributed by atoms with Gasteiger partial charge in [0, 0.05) is 37.0 Å². The van der Waals surface area contributed by atoms with E-state index in [0.717, 1.165) is 36.0 Å². The molecule has 8 nitrogen and oxygen atoms in total. The zero-order chi connectivity index (χ0) is 28.8. The maximum absolute atomic E-state index is 14.0. The first kappa shape index (κ1) is 28.8. The molecular weight excluding hydrogens is 542 g/mol. The Morgan fingerprint density at radius 1 is 1.02 bits per heavy atom. The van der Waals surface area contributed by atoms with Crippen LogP contribution in [0.4, 0.5) is 5.69 Å². The summed E-state index contributed by atoms with van der Waals surface area (Å²) in [5.74, 6) is -0.678. The fourth-order valence-corrected chi connectivity index (χ4v) is 5.20. The molecule has 5 rings (SSSR count). The Labute approximate surface area is 245 Å². The molecule has 2 aliphatic rings. The van der Waals surface area contributed by atoms with Crippen molar-refractivity contribution in [3.63, 3.8) is 0 Å². The fraction of sp³-hybridized carbons (Fsp3) is 0.344. The van der Waals surface area contributed by atoms with Crippen LogP contribution in [0.3, 0.4) is 0 Å². The van der Waals surface area contributed by atoms with E-state index in [1.165, 1.54) is 0 Å². The largest absolute Gasteiger partial charge is 0.457 e. The number of piperazine rings is 1. The zero-order valence-corrected chi connectivity index (χ0v) is 23.8. The average Bonchev–Trinajstić information content (AvgIpc) is 3.84. The number of carbonyl (C=O) groups is 3.